The van der Waals surface area contributed by atoms with Crippen molar-refractivity contribution >= 4 is 35.2 Å². The van der Waals surface area contributed by atoms with Crippen LogP contribution in [0.25, 0.3) is 5.69 Å². The van der Waals surface area contributed by atoms with Crippen molar-refractivity contribution in [3.05, 3.63) is 65.4 Å². The molecule has 3 rings (SSSR count). The predicted octanol–water partition coefficient (Wildman–Crippen LogP) is 6.02. The molecular formula is C29H39N5O3S. The van der Waals surface area contributed by atoms with Gasteiger partial charge >= 0.3 is 6.03 Å². The molecule has 3 amide bonds. The van der Waals surface area contributed by atoms with E-state index in [0.29, 0.717) is 31.1 Å². The topological polar surface area (TPSA) is 88.5 Å². The fourth-order valence-electron chi connectivity index (χ4n) is 3.95. The minimum atomic E-state index is -0.341. The zero-order valence-corrected chi connectivity index (χ0v) is 24.2. The van der Waals surface area contributed by atoms with E-state index in [2.05, 4.69) is 37.5 Å². The van der Waals surface area contributed by atoms with Crippen LogP contribution in [-0.2, 0) is 14.9 Å². The largest absolute Gasteiger partial charge is 0.385 e. The van der Waals surface area contributed by atoms with Gasteiger partial charge in [-0.15, -0.1) is 11.8 Å². The molecule has 9 heteroatoms. The highest BCUT2D eigenvalue weighted by atomic mass is 32.2. The molecule has 8 nitrogen and oxygen atoms in total. The van der Waals surface area contributed by atoms with Gasteiger partial charge in [0, 0.05) is 42.3 Å². The lowest BCUT2D eigenvalue weighted by atomic mass is 9.92. The van der Waals surface area contributed by atoms with Crippen molar-refractivity contribution < 1.29 is 14.3 Å². The van der Waals surface area contributed by atoms with E-state index in [4.69, 9.17) is 9.84 Å². The number of nitrogens with one attached hydrogen (secondary N) is 2. The van der Waals surface area contributed by atoms with E-state index in [-0.39, 0.29) is 23.9 Å². The molecule has 0 atom stereocenters. The van der Waals surface area contributed by atoms with Gasteiger partial charge in [0.15, 0.2) is 0 Å². The summed E-state index contributed by atoms with van der Waals surface area (Å²) in [6.07, 6.45) is 2.61. The maximum absolute atomic E-state index is 13.3. The number of ether oxygens (including phenoxy) is 1. The van der Waals surface area contributed by atoms with Crippen molar-refractivity contribution in [1.29, 1.82) is 0 Å². The summed E-state index contributed by atoms with van der Waals surface area (Å²) in [5.74, 6) is 0.262. The summed E-state index contributed by atoms with van der Waals surface area (Å²) in [5, 5.41) is 10.7. The molecule has 0 radical (unpaired) electrons. The van der Waals surface area contributed by atoms with E-state index in [1.807, 2.05) is 62.6 Å². The second kappa shape index (κ2) is 13.0. The maximum Gasteiger partial charge on any atom is 0.322 e. The van der Waals surface area contributed by atoms with E-state index in [1.165, 1.54) is 4.90 Å². The normalized spacial score (nSPS) is 11.3. The Bertz CT molecular complexity index is 1250. The minimum Gasteiger partial charge on any atom is -0.385 e. The van der Waals surface area contributed by atoms with Crippen molar-refractivity contribution in [3.63, 3.8) is 0 Å². The second-order valence-electron chi connectivity index (χ2n) is 10.3. The smallest absolute Gasteiger partial charge is 0.322 e. The number of carbonyl (C=O) groups excluding carboxylic acids is 2. The first-order chi connectivity index (χ1) is 18.0. The molecule has 2 aromatic carbocycles. The summed E-state index contributed by atoms with van der Waals surface area (Å²) in [7, 11) is 1.62. The SMILES string of the molecule is COCCCN(CC(=O)Nc1cc(C(C)(C)C)nn1-c1ccc(C)cc1C)C(=O)Nc1ccc(SC)cc1. The van der Waals surface area contributed by atoms with Crippen LogP contribution in [0.3, 0.4) is 0 Å². The van der Waals surface area contributed by atoms with E-state index < -0.39 is 0 Å². The average molecular weight is 538 g/mol. The van der Waals surface area contributed by atoms with E-state index in [9.17, 15) is 9.59 Å². The van der Waals surface area contributed by atoms with Crippen LogP contribution in [0.4, 0.5) is 16.3 Å². The lowest BCUT2D eigenvalue weighted by Gasteiger charge is -2.23. The van der Waals surface area contributed by atoms with Crippen LogP contribution in [0.15, 0.2) is 53.4 Å². The van der Waals surface area contributed by atoms with Gasteiger partial charge < -0.3 is 20.3 Å². The van der Waals surface area contributed by atoms with Crippen molar-refractivity contribution in [2.75, 3.05) is 43.7 Å². The lowest BCUT2D eigenvalue weighted by molar-refractivity contribution is -0.116. The summed E-state index contributed by atoms with van der Waals surface area (Å²) in [4.78, 5) is 29.0. The van der Waals surface area contributed by atoms with Crippen molar-refractivity contribution in [3.8, 4) is 5.69 Å². The van der Waals surface area contributed by atoms with E-state index in [0.717, 1.165) is 27.4 Å². The quantitative estimate of drug-likeness (QED) is 0.244. The number of thioether (sulfide) groups is 1. The number of nitrogens with zero attached hydrogens (tertiary/aromatic N) is 3. The minimum absolute atomic E-state index is 0.110. The number of anilines is 2. The zero-order valence-electron chi connectivity index (χ0n) is 23.4. The van der Waals surface area contributed by atoms with Gasteiger partial charge in [0.2, 0.25) is 5.91 Å². The molecule has 38 heavy (non-hydrogen) atoms. The van der Waals surface area contributed by atoms with Gasteiger partial charge in [-0.3, -0.25) is 4.79 Å². The van der Waals surface area contributed by atoms with Gasteiger partial charge in [-0.05, 0) is 62.4 Å². The van der Waals surface area contributed by atoms with Gasteiger partial charge in [-0.25, -0.2) is 9.48 Å². The second-order valence-corrected chi connectivity index (χ2v) is 11.2. The third kappa shape index (κ3) is 7.85. The number of aromatic nitrogens is 2. The molecule has 204 valence electrons. The van der Waals surface area contributed by atoms with E-state index >= 15 is 0 Å². The Labute approximate surface area is 230 Å². The molecule has 0 aliphatic heterocycles. The Kier molecular flexibility index (Phi) is 9.99. The molecule has 0 saturated carbocycles. The highest BCUT2D eigenvalue weighted by Gasteiger charge is 2.23. The number of hydrogen-bond donors (Lipinski definition) is 2. The number of hydrogen-bond acceptors (Lipinski definition) is 5. The van der Waals surface area contributed by atoms with Crippen molar-refractivity contribution in [2.45, 2.75) is 51.3 Å². The van der Waals surface area contributed by atoms with Crippen LogP contribution in [0, 0.1) is 13.8 Å². The number of benzene rings is 2. The van der Waals surface area contributed by atoms with Gasteiger partial charge in [0.05, 0.1) is 11.4 Å². The summed E-state index contributed by atoms with van der Waals surface area (Å²) in [6.45, 7) is 11.1. The van der Waals surface area contributed by atoms with Crippen LogP contribution in [-0.4, -0.2) is 59.7 Å². The number of carbonyl (C=O) groups is 2. The number of methoxy groups -OCH3 is 1. The molecule has 0 fully saturated rings. The molecule has 2 N–H and O–H groups in total. The first-order valence-electron chi connectivity index (χ1n) is 12.7. The Hall–Kier alpha value is -3.30. The Morgan fingerprint density at radius 3 is 2.37 bits per heavy atom. The summed E-state index contributed by atoms with van der Waals surface area (Å²) >= 11 is 1.63. The van der Waals surface area contributed by atoms with Crippen molar-refractivity contribution in [1.82, 2.24) is 14.7 Å². The summed E-state index contributed by atoms with van der Waals surface area (Å²) in [5.41, 5.74) is 4.42. The molecule has 0 aliphatic carbocycles. The third-order valence-corrected chi connectivity index (χ3v) is 6.81. The maximum atomic E-state index is 13.3. The summed E-state index contributed by atoms with van der Waals surface area (Å²) in [6, 6.07) is 15.3. The third-order valence-electron chi connectivity index (χ3n) is 6.07. The van der Waals surface area contributed by atoms with Crippen LogP contribution in [0.2, 0.25) is 0 Å². The predicted molar refractivity (Wildman–Crippen MR) is 156 cm³/mol. The monoisotopic (exact) mass is 537 g/mol. The van der Waals surface area contributed by atoms with Gasteiger partial charge in [0.1, 0.15) is 12.4 Å². The van der Waals surface area contributed by atoms with Gasteiger partial charge in [-0.2, -0.15) is 5.10 Å². The molecule has 3 aromatic rings. The number of urea groups is 1. The first kappa shape index (κ1) is 29.3. The Morgan fingerprint density at radius 1 is 1.05 bits per heavy atom. The van der Waals surface area contributed by atoms with Crippen molar-refractivity contribution in [2.24, 2.45) is 0 Å². The number of aryl methyl sites for hydroxylation is 2. The molecule has 1 aromatic heterocycles. The Morgan fingerprint density at radius 2 is 1.76 bits per heavy atom. The van der Waals surface area contributed by atoms with E-state index in [1.54, 1.807) is 23.6 Å². The standard InChI is InChI=1S/C29H39N5O3S/c1-20-9-14-24(21(2)17-20)34-26(18-25(32-34)29(3,4)5)31-27(35)19-33(15-8-16-37-6)28(36)30-22-10-12-23(38-7)13-11-22/h9-14,17-18H,8,15-16,19H2,1-7H3,(H,30,36)(H,31,35). The summed E-state index contributed by atoms with van der Waals surface area (Å²) < 4.78 is 6.94. The zero-order chi connectivity index (χ0) is 27.9. The Balaban J connectivity index is 1.82. The molecule has 0 aliphatic rings. The molecule has 0 spiro atoms. The molecule has 0 bridgehead atoms. The fraction of sp³-hybridized carbons (Fsp3) is 0.414. The first-order valence-corrected chi connectivity index (χ1v) is 13.9. The van der Waals surface area contributed by atoms with Crippen LogP contribution >= 0.6 is 11.8 Å². The molecule has 1 heterocycles. The van der Waals surface area contributed by atoms with Crippen LogP contribution in [0.1, 0.15) is 44.0 Å². The molecule has 0 saturated heterocycles. The average Bonchev–Trinajstić information content (AvgIpc) is 3.28. The fourth-order valence-corrected chi connectivity index (χ4v) is 4.36. The van der Waals surface area contributed by atoms with Crippen LogP contribution in [0.5, 0.6) is 0 Å². The van der Waals surface area contributed by atoms with Gasteiger partial charge in [0.25, 0.3) is 0 Å². The van der Waals surface area contributed by atoms with Gasteiger partial charge in [-0.1, -0.05) is 38.5 Å². The molecular weight excluding hydrogens is 498 g/mol. The lowest BCUT2D eigenvalue weighted by Crippen LogP contribution is -2.41. The van der Waals surface area contributed by atoms with Crippen LogP contribution < -0.4 is 10.6 Å². The highest BCUT2D eigenvalue weighted by molar-refractivity contribution is 7.98. The highest BCUT2D eigenvalue weighted by Crippen LogP contribution is 2.28. The molecule has 0 unspecified atom stereocenters. The number of rotatable bonds is 10. The number of amides is 3.